The second-order valence-electron chi connectivity index (χ2n) is 11.9. The fourth-order valence-electron chi connectivity index (χ4n) is 5.28. The Morgan fingerprint density at radius 3 is 2.36 bits per heavy atom. The second-order valence-corrected chi connectivity index (χ2v) is 12.7. The lowest BCUT2D eigenvalue weighted by Gasteiger charge is -2.34. The molecule has 1 aliphatic heterocycles. The number of halogens is 5. The van der Waals surface area contributed by atoms with Crippen LogP contribution in [0.5, 0.6) is 0 Å². The van der Waals surface area contributed by atoms with Crippen molar-refractivity contribution in [3.63, 3.8) is 0 Å². The molecule has 12 heteroatoms. The van der Waals surface area contributed by atoms with Gasteiger partial charge in [0, 0.05) is 56.7 Å². The van der Waals surface area contributed by atoms with Gasteiger partial charge in [0.05, 0.1) is 27.3 Å². The number of aromatic nitrogens is 2. The third kappa shape index (κ3) is 7.23. The molecule has 0 aliphatic carbocycles. The summed E-state index contributed by atoms with van der Waals surface area (Å²) in [5.74, 6) is -3.30. The smallest absolute Gasteiger partial charge is 0.257 e. The number of amides is 2. The monoisotopic (exact) mass is 659 g/mol. The van der Waals surface area contributed by atoms with E-state index in [1.165, 1.54) is 13.8 Å². The maximum atomic E-state index is 14.1. The number of nitrogens with one attached hydrogen (secondary N) is 2. The molecule has 3 aromatic carbocycles. The van der Waals surface area contributed by atoms with E-state index in [0.29, 0.717) is 55.0 Å². The van der Waals surface area contributed by atoms with Gasteiger partial charge in [0.1, 0.15) is 5.82 Å². The van der Waals surface area contributed by atoms with E-state index in [0.717, 1.165) is 5.56 Å². The maximum Gasteiger partial charge on any atom is 0.257 e. The number of imidazole rings is 1. The summed E-state index contributed by atoms with van der Waals surface area (Å²) in [6, 6.07) is 14.2. The SMILES string of the molecule is Cc1ccc(NC(=O)c2cc3nc(Cc4c(Cl)ccc(CNC(=O)C(C)(C)F)c4Cl)n(C)c3cc2N2CCC(F)(F)CC2)cc1. The number of rotatable bonds is 8. The first-order chi connectivity index (χ1) is 21.1. The molecule has 1 saturated heterocycles. The van der Waals surface area contributed by atoms with Crippen molar-refractivity contribution in [2.24, 2.45) is 7.05 Å². The van der Waals surface area contributed by atoms with Crippen molar-refractivity contribution in [2.45, 2.75) is 58.2 Å². The molecule has 0 atom stereocenters. The van der Waals surface area contributed by atoms with Gasteiger partial charge in [0.25, 0.3) is 17.7 Å². The summed E-state index contributed by atoms with van der Waals surface area (Å²) in [5.41, 5.74) is 2.84. The molecule has 0 unspecified atom stereocenters. The predicted molar refractivity (Wildman–Crippen MR) is 173 cm³/mol. The van der Waals surface area contributed by atoms with Gasteiger partial charge in [-0.25, -0.2) is 18.2 Å². The summed E-state index contributed by atoms with van der Waals surface area (Å²) in [5, 5.41) is 6.18. The molecule has 4 aromatic rings. The number of fused-ring (bicyclic) bond motifs is 1. The molecule has 0 bridgehead atoms. The molecule has 2 heterocycles. The first kappa shape index (κ1) is 32.6. The largest absolute Gasteiger partial charge is 0.370 e. The summed E-state index contributed by atoms with van der Waals surface area (Å²) in [6.07, 6.45) is -0.399. The van der Waals surface area contributed by atoms with Crippen LogP contribution in [0.3, 0.4) is 0 Å². The summed E-state index contributed by atoms with van der Waals surface area (Å²) in [4.78, 5) is 32.3. The van der Waals surface area contributed by atoms with E-state index >= 15 is 0 Å². The lowest BCUT2D eigenvalue weighted by atomic mass is 10.0. The van der Waals surface area contributed by atoms with Gasteiger partial charge in [-0.3, -0.25) is 9.59 Å². The van der Waals surface area contributed by atoms with E-state index in [2.05, 4.69) is 10.6 Å². The highest BCUT2D eigenvalue weighted by Crippen LogP contribution is 2.36. The number of carbonyl (C=O) groups excluding carboxylic acids is 2. The molecule has 2 N–H and O–H groups in total. The van der Waals surface area contributed by atoms with E-state index in [-0.39, 0.29) is 44.8 Å². The van der Waals surface area contributed by atoms with Gasteiger partial charge >= 0.3 is 0 Å². The standard InChI is InChI=1S/C33H34Cl2F3N5O2/c1-19-5-8-21(9-6-19)40-30(44)23-15-25-27(17-26(23)43-13-11-33(37,38)12-14-43)42(4)28(41-25)16-22-24(34)10-7-20(29(22)35)18-39-31(45)32(2,3)36/h5-10,15,17H,11-14,16,18H2,1-4H3,(H,39,45)(H,40,44). The molecular weight excluding hydrogens is 626 g/mol. The Balaban J connectivity index is 1.50. The van der Waals surface area contributed by atoms with Crippen molar-refractivity contribution >= 4 is 57.4 Å². The summed E-state index contributed by atoms with van der Waals surface area (Å²) in [6.45, 7) is 4.50. The minimum Gasteiger partial charge on any atom is -0.370 e. The summed E-state index contributed by atoms with van der Waals surface area (Å²) >= 11 is 13.3. The normalized spacial score (nSPS) is 14.9. The first-order valence-corrected chi connectivity index (χ1v) is 15.3. The number of alkyl halides is 3. The Bertz CT molecular complexity index is 1760. The molecule has 238 valence electrons. The number of benzene rings is 3. The van der Waals surface area contributed by atoms with Crippen molar-refractivity contribution < 1.29 is 22.8 Å². The van der Waals surface area contributed by atoms with Gasteiger partial charge in [-0.1, -0.05) is 47.0 Å². The number of nitrogens with zero attached hydrogens (tertiary/aromatic N) is 3. The van der Waals surface area contributed by atoms with Crippen molar-refractivity contribution in [3.05, 3.63) is 86.7 Å². The molecule has 1 fully saturated rings. The molecular formula is C33H34Cl2F3N5O2. The van der Waals surface area contributed by atoms with Crippen LogP contribution in [0.2, 0.25) is 10.0 Å². The highest BCUT2D eigenvalue weighted by Gasteiger charge is 2.35. The highest BCUT2D eigenvalue weighted by atomic mass is 35.5. The van der Waals surface area contributed by atoms with Gasteiger partial charge in [0.2, 0.25) is 0 Å². The van der Waals surface area contributed by atoms with Crippen LogP contribution in [0, 0.1) is 6.92 Å². The number of anilines is 2. The van der Waals surface area contributed by atoms with Crippen LogP contribution < -0.4 is 15.5 Å². The summed E-state index contributed by atoms with van der Waals surface area (Å²) < 4.78 is 44.0. The average Bonchev–Trinajstić information content (AvgIpc) is 3.28. The predicted octanol–water partition coefficient (Wildman–Crippen LogP) is 7.63. The van der Waals surface area contributed by atoms with Gasteiger partial charge in [-0.2, -0.15) is 0 Å². The zero-order valence-corrected chi connectivity index (χ0v) is 26.9. The van der Waals surface area contributed by atoms with Crippen molar-refractivity contribution in [2.75, 3.05) is 23.3 Å². The average molecular weight is 661 g/mol. The zero-order valence-electron chi connectivity index (χ0n) is 25.4. The van der Waals surface area contributed by atoms with E-state index in [9.17, 15) is 22.8 Å². The highest BCUT2D eigenvalue weighted by molar-refractivity contribution is 6.36. The topological polar surface area (TPSA) is 79.3 Å². The minimum absolute atomic E-state index is 0.00935. The quantitative estimate of drug-likeness (QED) is 0.204. The number of aryl methyl sites for hydroxylation is 2. The first-order valence-electron chi connectivity index (χ1n) is 14.6. The lowest BCUT2D eigenvalue weighted by molar-refractivity contribution is -0.130. The fourth-order valence-corrected chi connectivity index (χ4v) is 5.85. The Labute approximate surface area is 269 Å². The van der Waals surface area contributed by atoms with E-state index in [4.69, 9.17) is 28.2 Å². The molecule has 45 heavy (non-hydrogen) atoms. The fraction of sp³-hybridized carbons (Fsp3) is 0.364. The van der Waals surface area contributed by atoms with Crippen molar-refractivity contribution in [3.8, 4) is 0 Å². The van der Waals surface area contributed by atoms with E-state index in [1.54, 1.807) is 30.3 Å². The lowest BCUT2D eigenvalue weighted by Crippen LogP contribution is -2.40. The zero-order chi connectivity index (χ0) is 32.7. The Hall–Kier alpha value is -3.76. The molecule has 0 spiro atoms. The molecule has 0 saturated carbocycles. The Morgan fingerprint density at radius 2 is 1.71 bits per heavy atom. The molecule has 1 aromatic heterocycles. The maximum absolute atomic E-state index is 14.1. The van der Waals surface area contributed by atoms with Crippen LogP contribution in [0.4, 0.5) is 24.5 Å². The van der Waals surface area contributed by atoms with Gasteiger partial charge in [0.15, 0.2) is 5.67 Å². The minimum atomic E-state index is -2.75. The van der Waals surface area contributed by atoms with Gasteiger partial charge < -0.3 is 20.1 Å². The summed E-state index contributed by atoms with van der Waals surface area (Å²) in [7, 11) is 1.82. The third-order valence-electron chi connectivity index (χ3n) is 8.06. The van der Waals surface area contributed by atoms with Crippen molar-refractivity contribution in [1.29, 1.82) is 0 Å². The molecule has 0 radical (unpaired) electrons. The number of hydrogen-bond acceptors (Lipinski definition) is 4. The second kappa shape index (κ2) is 12.6. The van der Waals surface area contributed by atoms with Crippen LogP contribution >= 0.6 is 23.2 Å². The Morgan fingerprint density at radius 1 is 1.04 bits per heavy atom. The van der Waals surface area contributed by atoms with Crippen molar-refractivity contribution in [1.82, 2.24) is 14.9 Å². The molecule has 2 amide bonds. The van der Waals surface area contributed by atoms with Gasteiger partial charge in [-0.15, -0.1) is 0 Å². The van der Waals surface area contributed by atoms with Crippen LogP contribution in [-0.4, -0.2) is 46.0 Å². The number of carbonyl (C=O) groups is 2. The number of hydrogen-bond donors (Lipinski definition) is 2. The van der Waals surface area contributed by atoms with Crippen LogP contribution in [0.1, 0.15) is 59.6 Å². The Kier molecular flexibility index (Phi) is 9.11. The van der Waals surface area contributed by atoms with Crippen LogP contribution in [0.25, 0.3) is 11.0 Å². The number of piperidine rings is 1. The molecule has 5 rings (SSSR count). The van der Waals surface area contributed by atoms with Crippen LogP contribution in [0.15, 0.2) is 48.5 Å². The molecule has 1 aliphatic rings. The van der Waals surface area contributed by atoms with Crippen LogP contribution in [-0.2, 0) is 24.8 Å². The van der Waals surface area contributed by atoms with E-state index < -0.39 is 17.5 Å². The van der Waals surface area contributed by atoms with Gasteiger partial charge in [-0.05, 0) is 62.2 Å². The third-order valence-corrected chi connectivity index (χ3v) is 8.89. The molecule has 7 nitrogen and oxygen atoms in total. The van der Waals surface area contributed by atoms with E-state index in [1.807, 2.05) is 41.6 Å².